The van der Waals surface area contributed by atoms with E-state index in [1.54, 1.807) is 0 Å². The van der Waals surface area contributed by atoms with E-state index in [4.69, 9.17) is 4.74 Å². The third-order valence-corrected chi connectivity index (χ3v) is 4.57. The van der Waals surface area contributed by atoms with Gasteiger partial charge in [-0.1, -0.05) is 42.6 Å². The molecule has 0 saturated heterocycles. The normalized spacial score (nSPS) is 18.3. The van der Waals surface area contributed by atoms with E-state index in [0.717, 1.165) is 17.3 Å². The number of aliphatic hydroxyl groups is 1. The second-order valence-corrected chi connectivity index (χ2v) is 6.79. The van der Waals surface area contributed by atoms with Gasteiger partial charge in [-0.05, 0) is 25.0 Å². The van der Waals surface area contributed by atoms with E-state index in [2.05, 4.69) is 11.9 Å². The number of ether oxygens (including phenoxy) is 1. The molecule has 1 aliphatic carbocycles. The summed E-state index contributed by atoms with van der Waals surface area (Å²) in [6.07, 6.45) is 7.67. The summed E-state index contributed by atoms with van der Waals surface area (Å²) in [6, 6.07) is -0.419. The van der Waals surface area contributed by atoms with Gasteiger partial charge in [0.1, 0.15) is 5.76 Å². The van der Waals surface area contributed by atoms with Crippen LogP contribution in [0.2, 0.25) is 0 Å². The maximum absolute atomic E-state index is 12.2. The Hall–Kier alpha value is -1.79. The highest BCUT2D eigenvalue weighted by Crippen LogP contribution is 2.25. The van der Waals surface area contributed by atoms with E-state index in [1.807, 2.05) is 38.2 Å². The molecule has 1 amide bonds. The first-order valence-corrected chi connectivity index (χ1v) is 9.30. The Morgan fingerprint density at radius 1 is 1.52 bits per heavy atom. The fourth-order valence-corrected chi connectivity index (χ4v) is 3.29. The van der Waals surface area contributed by atoms with E-state index in [0.29, 0.717) is 30.1 Å². The topological polar surface area (TPSA) is 75.6 Å². The van der Waals surface area contributed by atoms with Gasteiger partial charge in [-0.2, -0.15) is 0 Å². The van der Waals surface area contributed by atoms with Crippen molar-refractivity contribution in [1.29, 1.82) is 0 Å². The van der Waals surface area contributed by atoms with Crippen molar-refractivity contribution < 1.29 is 19.4 Å². The van der Waals surface area contributed by atoms with Gasteiger partial charge in [0.25, 0.3) is 0 Å². The number of nitrogens with one attached hydrogen (secondary N) is 1. The molecule has 0 bridgehead atoms. The molecular formula is C19H27NO4S. The van der Waals surface area contributed by atoms with Gasteiger partial charge in [-0.3, -0.25) is 9.59 Å². The molecule has 2 atom stereocenters. The maximum Gasteiger partial charge on any atom is 0.217 e. The van der Waals surface area contributed by atoms with E-state index in [9.17, 15) is 14.7 Å². The second-order valence-electron chi connectivity index (χ2n) is 5.72. The first kappa shape index (κ1) is 21.3. The lowest BCUT2D eigenvalue weighted by Gasteiger charge is -2.21. The number of carbonyl (C=O) groups is 2. The average molecular weight is 365 g/mol. The van der Waals surface area contributed by atoms with Crippen LogP contribution in [0.3, 0.4) is 0 Å². The third-order valence-electron chi connectivity index (χ3n) is 3.60. The first-order valence-electron chi connectivity index (χ1n) is 8.32. The predicted molar refractivity (Wildman–Crippen MR) is 102 cm³/mol. The molecule has 1 rings (SSSR count). The van der Waals surface area contributed by atoms with Crippen LogP contribution in [-0.4, -0.2) is 40.6 Å². The standard InChI is InChI=1S/C19H27NO4S/c1-5-7-15-8-9-16(18(22)10-15)11-19(23)25-12-17(20-14(4)21)13(3)24-6-2/h5,7-9,17-18,22H,3,6,10-12H2,1-2,4H3,(H,20,21). The van der Waals surface area contributed by atoms with E-state index >= 15 is 0 Å². The number of carbonyl (C=O) groups excluding carboxylic acids is 2. The summed E-state index contributed by atoms with van der Waals surface area (Å²) in [4.78, 5) is 23.5. The lowest BCUT2D eigenvalue weighted by atomic mass is 9.93. The Labute approximate surface area is 153 Å². The molecule has 0 saturated carbocycles. The largest absolute Gasteiger partial charge is 0.497 e. The summed E-state index contributed by atoms with van der Waals surface area (Å²) in [5.74, 6) is 0.583. The van der Waals surface area contributed by atoms with Crippen LogP contribution < -0.4 is 5.32 Å². The van der Waals surface area contributed by atoms with E-state index in [1.165, 1.54) is 6.92 Å². The Balaban J connectivity index is 2.60. The first-order chi connectivity index (χ1) is 11.9. The van der Waals surface area contributed by atoms with Crippen LogP contribution in [0.15, 0.2) is 47.8 Å². The van der Waals surface area contributed by atoms with Crippen molar-refractivity contribution in [2.45, 2.75) is 45.8 Å². The number of thioether (sulfide) groups is 1. The van der Waals surface area contributed by atoms with Gasteiger partial charge >= 0.3 is 0 Å². The molecule has 0 aromatic heterocycles. The minimum atomic E-state index is -0.634. The minimum Gasteiger partial charge on any atom is -0.497 e. The van der Waals surface area contributed by atoms with Crippen LogP contribution in [0.25, 0.3) is 0 Å². The maximum atomic E-state index is 12.2. The number of allylic oxidation sites excluding steroid dienone is 4. The van der Waals surface area contributed by atoms with Gasteiger partial charge in [-0.25, -0.2) is 0 Å². The Morgan fingerprint density at radius 2 is 2.24 bits per heavy atom. The summed E-state index contributed by atoms with van der Waals surface area (Å²) in [7, 11) is 0. The number of aliphatic hydroxyl groups excluding tert-OH is 1. The molecule has 1 aliphatic rings. The van der Waals surface area contributed by atoms with Gasteiger partial charge in [-0.15, -0.1) is 0 Å². The summed E-state index contributed by atoms with van der Waals surface area (Å²) >= 11 is 1.11. The van der Waals surface area contributed by atoms with Crippen molar-refractivity contribution in [3.8, 4) is 0 Å². The van der Waals surface area contributed by atoms with Crippen LogP contribution in [0.4, 0.5) is 0 Å². The molecule has 25 heavy (non-hydrogen) atoms. The lowest BCUT2D eigenvalue weighted by Crippen LogP contribution is -2.37. The number of amides is 1. The molecule has 0 radical (unpaired) electrons. The molecule has 5 nitrogen and oxygen atoms in total. The van der Waals surface area contributed by atoms with Crippen molar-refractivity contribution in [3.63, 3.8) is 0 Å². The quantitative estimate of drug-likeness (QED) is 0.615. The van der Waals surface area contributed by atoms with Crippen LogP contribution in [0.1, 0.15) is 33.6 Å². The van der Waals surface area contributed by atoms with Crippen molar-refractivity contribution >= 4 is 22.8 Å². The molecule has 2 unspecified atom stereocenters. The SMILES string of the molecule is C=C(OCC)C(CSC(=O)CC1=CC=C(C=CC)CC1O)NC(C)=O. The summed E-state index contributed by atoms with van der Waals surface area (Å²) in [5, 5.41) is 12.8. The summed E-state index contributed by atoms with van der Waals surface area (Å²) < 4.78 is 5.34. The van der Waals surface area contributed by atoms with Gasteiger partial charge in [0.15, 0.2) is 5.12 Å². The number of hydrogen-bond donors (Lipinski definition) is 2. The fraction of sp³-hybridized carbons (Fsp3) is 0.474. The highest BCUT2D eigenvalue weighted by Gasteiger charge is 2.21. The molecule has 0 spiro atoms. The van der Waals surface area contributed by atoms with E-state index in [-0.39, 0.29) is 17.4 Å². The van der Waals surface area contributed by atoms with Gasteiger partial charge in [0.2, 0.25) is 5.91 Å². The zero-order valence-corrected chi connectivity index (χ0v) is 15.9. The van der Waals surface area contributed by atoms with Crippen molar-refractivity contribution in [2.24, 2.45) is 0 Å². The number of hydrogen-bond acceptors (Lipinski definition) is 5. The molecule has 6 heteroatoms. The Morgan fingerprint density at radius 3 is 2.80 bits per heavy atom. The van der Waals surface area contributed by atoms with Crippen LogP contribution in [-0.2, 0) is 14.3 Å². The molecule has 0 heterocycles. The van der Waals surface area contributed by atoms with Gasteiger partial charge < -0.3 is 15.2 Å². The Kier molecular flexibility index (Phi) is 9.31. The van der Waals surface area contributed by atoms with Crippen LogP contribution >= 0.6 is 11.8 Å². The fourth-order valence-electron chi connectivity index (χ4n) is 2.40. The highest BCUT2D eigenvalue weighted by atomic mass is 32.2. The van der Waals surface area contributed by atoms with Gasteiger partial charge in [0, 0.05) is 25.5 Å². The molecule has 138 valence electrons. The minimum absolute atomic E-state index is 0.0622. The van der Waals surface area contributed by atoms with Crippen LogP contribution in [0.5, 0.6) is 0 Å². The van der Waals surface area contributed by atoms with E-state index < -0.39 is 12.1 Å². The van der Waals surface area contributed by atoms with Gasteiger partial charge in [0.05, 0.1) is 18.8 Å². The summed E-state index contributed by atoms with van der Waals surface area (Å²) in [5.41, 5.74) is 1.75. The summed E-state index contributed by atoms with van der Waals surface area (Å²) in [6.45, 7) is 9.43. The predicted octanol–water partition coefficient (Wildman–Crippen LogP) is 2.88. The van der Waals surface area contributed by atoms with Crippen molar-refractivity contribution in [1.82, 2.24) is 5.32 Å². The second kappa shape index (κ2) is 10.9. The lowest BCUT2D eigenvalue weighted by molar-refractivity contribution is -0.119. The molecule has 0 fully saturated rings. The van der Waals surface area contributed by atoms with Crippen LogP contribution in [0, 0.1) is 0 Å². The van der Waals surface area contributed by atoms with Crippen molar-refractivity contribution in [2.75, 3.05) is 12.4 Å². The zero-order chi connectivity index (χ0) is 18.8. The molecule has 2 N–H and O–H groups in total. The average Bonchev–Trinajstić information content (AvgIpc) is 2.54. The molecule has 0 aromatic rings. The molecule has 0 aliphatic heterocycles. The molecular weight excluding hydrogens is 338 g/mol. The smallest absolute Gasteiger partial charge is 0.217 e. The number of rotatable bonds is 9. The highest BCUT2D eigenvalue weighted by molar-refractivity contribution is 8.13. The Bertz CT molecular complexity index is 592. The monoisotopic (exact) mass is 365 g/mol. The third kappa shape index (κ3) is 7.75. The molecule has 0 aromatic carbocycles. The van der Waals surface area contributed by atoms with Crippen molar-refractivity contribution in [3.05, 3.63) is 47.8 Å². The zero-order valence-electron chi connectivity index (χ0n) is 15.1.